The van der Waals surface area contributed by atoms with Crippen LogP contribution in [0.3, 0.4) is 0 Å². The standard InChI is InChI=1S/C6H9N5O3/c1-2(5(8)12)9-6(13)3-4(7)11-14-10-3/h2H,1H3,(H2,7,11)(H2,8,12)(H,9,13). The molecule has 0 aliphatic carbocycles. The first kappa shape index (κ1) is 9.96. The molecule has 0 bridgehead atoms. The third kappa shape index (κ3) is 1.97. The Bertz CT molecular complexity index is 360. The van der Waals surface area contributed by atoms with Gasteiger partial charge >= 0.3 is 0 Å². The maximum absolute atomic E-state index is 11.3. The first-order chi connectivity index (χ1) is 6.52. The summed E-state index contributed by atoms with van der Waals surface area (Å²) in [5.41, 5.74) is 10.0. The van der Waals surface area contributed by atoms with Crippen molar-refractivity contribution in [1.29, 1.82) is 0 Å². The highest BCUT2D eigenvalue weighted by atomic mass is 16.6. The van der Waals surface area contributed by atoms with Gasteiger partial charge in [0.15, 0.2) is 0 Å². The zero-order chi connectivity index (χ0) is 10.7. The van der Waals surface area contributed by atoms with Crippen molar-refractivity contribution in [1.82, 2.24) is 15.6 Å². The molecule has 0 spiro atoms. The van der Waals surface area contributed by atoms with E-state index in [9.17, 15) is 9.59 Å². The fourth-order valence-electron chi connectivity index (χ4n) is 0.689. The summed E-state index contributed by atoms with van der Waals surface area (Å²) in [5, 5.41) is 8.72. The molecule has 8 nitrogen and oxygen atoms in total. The van der Waals surface area contributed by atoms with E-state index in [4.69, 9.17) is 11.5 Å². The van der Waals surface area contributed by atoms with Crippen LogP contribution in [0, 0.1) is 0 Å². The molecule has 1 unspecified atom stereocenters. The number of nitrogens with zero attached hydrogens (tertiary/aromatic N) is 2. The van der Waals surface area contributed by atoms with Gasteiger partial charge in [0, 0.05) is 0 Å². The minimum atomic E-state index is -0.807. The summed E-state index contributed by atoms with van der Waals surface area (Å²) in [7, 11) is 0. The smallest absolute Gasteiger partial charge is 0.278 e. The monoisotopic (exact) mass is 199 g/mol. The molecule has 0 radical (unpaired) electrons. The lowest BCUT2D eigenvalue weighted by Crippen LogP contribution is -2.42. The molecule has 0 aliphatic heterocycles. The first-order valence-corrected chi connectivity index (χ1v) is 3.70. The van der Waals surface area contributed by atoms with Gasteiger partial charge < -0.3 is 16.8 Å². The Morgan fingerprint density at radius 1 is 1.50 bits per heavy atom. The van der Waals surface area contributed by atoms with E-state index in [1.165, 1.54) is 6.92 Å². The van der Waals surface area contributed by atoms with Crippen molar-refractivity contribution < 1.29 is 14.2 Å². The van der Waals surface area contributed by atoms with Gasteiger partial charge in [0.1, 0.15) is 6.04 Å². The van der Waals surface area contributed by atoms with Crippen LogP contribution in [0.15, 0.2) is 4.63 Å². The van der Waals surface area contributed by atoms with Crippen molar-refractivity contribution in [3.05, 3.63) is 5.69 Å². The lowest BCUT2D eigenvalue weighted by Gasteiger charge is -2.07. The normalized spacial score (nSPS) is 12.1. The van der Waals surface area contributed by atoms with E-state index in [0.717, 1.165) is 0 Å². The molecule has 1 aromatic rings. The van der Waals surface area contributed by atoms with Gasteiger partial charge in [-0.2, -0.15) is 0 Å². The van der Waals surface area contributed by atoms with Gasteiger partial charge in [-0.05, 0) is 17.2 Å². The number of carbonyl (C=O) groups is 2. The summed E-state index contributed by atoms with van der Waals surface area (Å²) in [6.07, 6.45) is 0. The summed E-state index contributed by atoms with van der Waals surface area (Å²) in [5.74, 6) is -1.46. The minimum Gasteiger partial charge on any atom is -0.379 e. The number of nitrogens with one attached hydrogen (secondary N) is 1. The molecule has 1 aromatic heterocycles. The highest BCUT2D eigenvalue weighted by molar-refractivity contribution is 5.98. The third-order valence-corrected chi connectivity index (χ3v) is 1.50. The number of aromatic nitrogens is 2. The van der Waals surface area contributed by atoms with Crippen LogP contribution >= 0.6 is 0 Å². The molecular weight excluding hydrogens is 190 g/mol. The SMILES string of the molecule is CC(NC(=O)c1nonc1N)C(N)=O. The molecule has 1 heterocycles. The maximum atomic E-state index is 11.3. The predicted octanol–water partition coefficient (Wildman–Crippen LogP) is -1.74. The van der Waals surface area contributed by atoms with Crippen molar-refractivity contribution in [2.75, 3.05) is 5.73 Å². The number of primary amides is 1. The topological polar surface area (TPSA) is 137 Å². The average molecular weight is 199 g/mol. The molecule has 14 heavy (non-hydrogen) atoms. The second-order valence-corrected chi connectivity index (χ2v) is 2.60. The van der Waals surface area contributed by atoms with E-state index in [0.29, 0.717) is 0 Å². The molecular formula is C6H9N5O3. The Balaban J connectivity index is 2.69. The van der Waals surface area contributed by atoms with Crippen LogP contribution in [0.25, 0.3) is 0 Å². The number of hydrogen-bond donors (Lipinski definition) is 3. The van der Waals surface area contributed by atoms with Gasteiger partial charge in [-0.25, -0.2) is 4.63 Å². The number of carbonyl (C=O) groups excluding carboxylic acids is 2. The molecule has 0 aliphatic rings. The fraction of sp³-hybridized carbons (Fsp3) is 0.333. The molecule has 2 amide bonds. The van der Waals surface area contributed by atoms with Crippen LogP contribution in [0.1, 0.15) is 17.4 Å². The summed E-state index contributed by atoms with van der Waals surface area (Å²) in [6, 6.07) is -0.807. The second-order valence-electron chi connectivity index (χ2n) is 2.60. The average Bonchev–Trinajstić information content (AvgIpc) is 2.51. The van der Waals surface area contributed by atoms with E-state index in [-0.39, 0.29) is 11.5 Å². The first-order valence-electron chi connectivity index (χ1n) is 3.70. The van der Waals surface area contributed by atoms with Crippen LogP contribution in [0.4, 0.5) is 5.82 Å². The summed E-state index contributed by atoms with van der Waals surface area (Å²) >= 11 is 0. The number of nitrogen functional groups attached to an aromatic ring is 1. The van der Waals surface area contributed by atoms with E-state index < -0.39 is 17.9 Å². The van der Waals surface area contributed by atoms with Gasteiger partial charge in [-0.15, -0.1) is 0 Å². The van der Waals surface area contributed by atoms with Gasteiger partial charge in [0.05, 0.1) is 0 Å². The lowest BCUT2D eigenvalue weighted by atomic mass is 10.3. The molecule has 0 saturated heterocycles. The number of anilines is 1. The van der Waals surface area contributed by atoms with Gasteiger partial charge in [-0.1, -0.05) is 0 Å². The Hall–Kier alpha value is -2.12. The minimum absolute atomic E-state index is 0.140. The summed E-state index contributed by atoms with van der Waals surface area (Å²) < 4.78 is 4.21. The molecule has 1 atom stereocenters. The highest BCUT2D eigenvalue weighted by Gasteiger charge is 2.19. The van der Waals surface area contributed by atoms with E-state index in [2.05, 4.69) is 20.3 Å². The largest absolute Gasteiger partial charge is 0.379 e. The molecule has 1 rings (SSSR count). The van der Waals surface area contributed by atoms with Crippen molar-refractivity contribution in [2.24, 2.45) is 5.73 Å². The zero-order valence-electron chi connectivity index (χ0n) is 7.35. The number of hydrogen-bond acceptors (Lipinski definition) is 6. The van der Waals surface area contributed by atoms with Crippen molar-refractivity contribution in [2.45, 2.75) is 13.0 Å². The highest BCUT2D eigenvalue weighted by Crippen LogP contribution is 2.03. The van der Waals surface area contributed by atoms with Crippen LogP contribution in [-0.4, -0.2) is 28.2 Å². The number of amides is 2. The Morgan fingerprint density at radius 2 is 2.14 bits per heavy atom. The Kier molecular flexibility index (Phi) is 2.65. The van der Waals surface area contributed by atoms with Crippen LogP contribution in [-0.2, 0) is 4.79 Å². The molecule has 0 saturated carbocycles. The fourth-order valence-corrected chi connectivity index (χ4v) is 0.689. The van der Waals surface area contributed by atoms with Gasteiger partial charge in [-0.3, -0.25) is 9.59 Å². The number of nitrogens with two attached hydrogens (primary N) is 2. The van der Waals surface area contributed by atoms with Gasteiger partial charge in [0.25, 0.3) is 5.91 Å². The Labute approximate surface area is 78.6 Å². The lowest BCUT2D eigenvalue weighted by molar-refractivity contribution is -0.119. The second kappa shape index (κ2) is 3.73. The van der Waals surface area contributed by atoms with Crippen LogP contribution < -0.4 is 16.8 Å². The number of rotatable bonds is 3. The zero-order valence-corrected chi connectivity index (χ0v) is 7.35. The molecule has 0 fully saturated rings. The van der Waals surface area contributed by atoms with Crippen molar-refractivity contribution in [3.8, 4) is 0 Å². The third-order valence-electron chi connectivity index (χ3n) is 1.50. The summed E-state index contributed by atoms with van der Waals surface area (Å²) in [4.78, 5) is 21.9. The van der Waals surface area contributed by atoms with Crippen LogP contribution in [0.2, 0.25) is 0 Å². The van der Waals surface area contributed by atoms with E-state index >= 15 is 0 Å². The molecule has 0 aromatic carbocycles. The molecule has 76 valence electrons. The Morgan fingerprint density at radius 3 is 2.57 bits per heavy atom. The van der Waals surface area contributed by atoms with E-state index in [1.807, 2.05) is 0 Å². The van der Waals surface area contributed by atoms with Crippen molar-refractivity contribution in [3.63, 3.8) is 0 Å². The van der Waals surface area contributed by atoms with Gasteiger partial charge in [0.2, 0.25) is 17.4 Å². The molecule has 5 N–H and O–H groups in total. The predicted molar refractivity (Wildman–Crippen MR) is 44.8 cm³/mol. The van der Waals surface area contributed by atoms with Crippen LogP contribution in [0.5, 0.6) is 0 Å². The summed E-state index contributed by atoms with van der Waals surface area (Å²) in [6.45, 7) is 1.43. The van der Waals surface area contributed by atoms with Crippen molar-refractivity contribution >= 4 is 17.6 Å². The quantitative estimate of drug-likeness (QED) is 0.528. The van der Waals surface area contributed by atoms with E-state index in [1.54, 1.807) is 0 Å². The molecule has 8 heteroatoms. The maximum Gasteiger partial charge on any atom is 0.278 e.